The summed E-state index contributed by atoms with van der Waals surface area (Å²) in [6.07, 6.45) is 0. The molecule has 3 heteroatoms. The van der Waals surface area contributed by atoms with E-state index >= 15 is 0 Å². The first-order valence-electron chi connectivity index (χ1n) is 6.74. The quantitative estimate of drug-likeness (QED) is 0.513. The van der Waals surface area contributed by atoms with Crippen LogP contribution in [0.25, 0.3) is 33.5 Å². The second-order valence-electron chi connectivity index (χ2n) is 5.12. The minimum absolute atomic E-state index is 0.0632. The Hall–Kier alpha value is -2.81. The van der Waals surface area contributed by atoms with Crippen molar-refractivity contribution in [2.45, 2.75) is 6.92 Å². The molecule has 3 nitrogen and oxygen atoms in total. The van der Waals surface area contributed by atoms with Crippen molar-refractivity contribution in [1.29, 1.82) is 0 Å². The van der Waals surface area contributed by atoms with E-state index in [1.54, 1.807) is 6.07 Å². The van der Waals surface area contributed by atoms with Gasteiger partial charge in [-0.2, -0.15) is 0 Å². The van der Waals surface area contributed by atoms with Gasteiger partial charge < -0.3 is 8.83 Å². The monoisotopic (exact) mass is 276 g/mol. The Morgan fingerprint density at radius 3 is 2.43 bits per heavy atom. The van der Waals surface area contributed by atoms with E-state index < -0.39 is 0 Å². The van der Waals surface area contributed by atoms with Crippen LogP contribution in [0.1, 0.15) is 5.56 Å². The number of benzene rings is 2. The number of hydrogen-bond donors (Lipinski definition) is 0. The summed E-state index contributed by atoms with van der Waals surface area (Å²) in [6.45, 7) is 1.97. The van der Waals surface area contributed by atoms with Crippen molar-refractivity contribution in [3.63, 3.8) is 0 Å². The lowest BCUT2D eigenvalue weighted by atomic mass is 10.1. The summed E-state index contributed by atoms with van der Waals surface area (Å²) in [7, 11) is 0. The van der Waals surface area contributed by atoms with Gasteiger partial charge in [-0.25, -0.2) is 0 Å². The van der Waals surface area contributed by atoms with Crippen LogP contribution >= 0.6 is 0 Å². The molecule has 0 bridgehead atoms. The molecular weight excluding hydrogens is 264 g/mol. The van der Waals surface area contributed by atoms with Crippen LogP contribution in [0.3, 0.4) is 0 Å². The number of hydrogen-bond acceptors (Lipinski definition) is 3. The summed E-state index contributed by atoms with van der Waals surface area (Å²) in [6, 6.07) is 16.6. The van der Waals surface area contributed by atoms with Gasteiger partial charge in [-0.1, -0.05) is 24.3 Å². The van der Waals surface area contributed by atoms with Crippen LogP contribution in [-0.2, 0) is 0 Å². The summed E-state index contributed by atoms with van der Waals surface area (Å²) >= 11 is 0. The lowest BCUT2D eigenvalue weighted by Gasteiger charge is -2.01. The number of para-hydroxylation sites is 1. The fraction of sp³-hybridized carbons (Fsp3) is 0.0556. The zero-order valence-corrected chi connectivity index (χ0v) is 11.4. The molecule has 0 atom stereocenters. The Morgan fingerprint density at radius 2 is 1.57 bits per heavy atom. The fourth-order valence-corrected chi connectivity index (χ4v) is 2.49. The van der Waals surface area contributed by atoms with Gasteiger partial charge in [0.05, 0.1) is 5.39 Å². The second kappa shape index (κ2) is 4.35. The first-order chi connectivity index (χ1) is 10.2. The lowest BCUT2D eigenvalue weighted by molar-refractivity contribution is 0.561. The first kappa shape index (κ1) is 12.0. The average Bonchev–Trinajstić information content (AvgIpc) is 2.90. The Bertz CT molecular complexity index is 988. The van der Waals surface area contributed by atoms with Gasteiger partial charge in [0, 0.05) is 11.5 Å². The molecule has 0 saturated carbocycles. The molecule has 0 unspecified atom stereocenters. The lowest BCUT2D eigenvalue weighted by Crippen LogP contribution is -2.00. The van der Waals surface area contributed by atoms with Gasteiger partial charge in [0.25, 0.3) is 0 Å². The molecule has 0 aliphatic carbocycles. The van der Waals surface area contributed by atoms with E-state index in [0.29, 0.717) is 22.5 Å². The zero-order valence-electron chi connectivity index (χ0n) is 11.4. The Balaban J connectivity index is 1.99. The zero-order chi connectivity index (χ0) is 14.4. The fourth-order valence-electron chi connectivity index (χ4n) is 2.49. The normalized spacial score (nSPS) is 11.3. The molecular formula is C18H12O3. The molecule has 0 spiro atoms. The van der Waals surface area contributed by atoms with E-state index in [0.717, 1.165) is 16.5 Å². The molecule has 4 rings (SSSR count). The van der Waals surface area contributed by atoms with Crippen molar-refractivity contribution in [2.75, 3.05) is 0 Å². The predicted molar refractivity (Wildman–Crippen MR) is 82.4 cm³/mol. The third kappa shape index (κ3) is 1.94. The van der Waals surface area contributed by atoms with Crippen molar-refractivity contribution < 1.29 is 8.83 Å². The number of fused-ring (bicyclic) bond motifs is 2. The molecule has 4 aromatic rings. The van der Waals surface area contributed by atoms with Crippen LogP contribution in [0.2, 0.25) is 0 Å². The molecule has 0 fully saturated rings. The minimum atomic E-state index is -0.0632. The topological polar surface area (TPSA) is 43.4 Å². The van der Waals surface area contributed by atoms with Crippen molar-refractivity contribution in [3.05, 3.63) is 70.4 Å². The van der Waals surface area contributed by atoms with Gasteiger partial charge in [-0.15, -0.1) is 0 Å². The van der Waals surface area contributed by atoms with Crippen molar-refractivity contribution in [3.8, 4) is 11.5 Å². The molecule has 102 valence electrons. The SMILES string of the molecule is Cc1ccc2c(=O)cc(-c3cc4ccccc4o3)oc2c1. The maximum Gasteiger partial charge on any atom is 0.193 e. The van der Waals surface area contributed by atoms with Gasteiger partial charge in [0.15, 0.2) is 16.9 Å². The minimum Gasteiger partial charge on any atom is -0.453 e. The third-order valence-electron chi connectivity index (χ3n) is 3.55. The molecule has 0 radical (unpaired) electrons. The van der Waals surface area contributed by atoms with E-state index in [-0.39, 0.29) is 5.43 Å². The van der Waals surface area contributed by atoms with E-state index in [9.17, 15) is 4.79 Å². The van der Waals surface area contributed by atoms with Crippen LogP contribution in [0.15, 0.2) is 68.2 Å². The summed E-state index contributed by atoms with van der Waals surface area (Å²) in [4.78, 5) is 12.2. The molecule has 2 heterocycles. The van der Waals surface area contributed by atoms with Crippen molar-refractivity contribution >= 4 is 21.9 Å². The van der Waals surface area contributed by atoms with Gasteiger partial charge in [0.1, 0.15) is 11.2 Å². The van der Waals surface area contributed by atoms with E-state index in [4.69, 9.17) is 8.83 Å². The standard InChI is InChI=1S/C18H12O3/c1-11-6-7-13-14(19)10-18(21-16(13)8-11)17-9-12-4-2-3-5-15(12)20-17/h2-10H,1H3. The number of rotatable bonds is 1. The van der Waals surface area contributed by atoms with Crippen molar-refractivity contribution in [2.24, 2.45) is 0 Å². The average molecular weight is 276 g/mol. The molecule has 0 N–H and O–H groups in total. The van der Waals surface area contributed by atoms with Crippen LogP contribution in [-0.4, -0.2) is 0 Å². The highest BCUT2D eigenvalue weighted by Gasteiger charge is 2.11. The highest BCUT2D eigenvalue weighted by atomic mass is 16.4. The maximum atomic E-state index is 12.2. The van der Waals surface area contributed by atoms with Crippen LogP contribution in [0.4, 0.5) is 0 Å². The van der Waals surface area contributed by atoms with E-state index in [1.807, 2.05) is 49.4 Å². The highest BCUT2D eigenvalue weighted by Crippen LogP contribution is 2.28. The highest BCUT2D eigenvalue weighted by molar-refractivity contribution is 5.83. The van der Waals surface area contributed by atoms with Crippen LogP contribution in [0.5, 0.6) is 0 Å². The third-order valence-corrected chi connectivity index (χ3v) is 3.55. The van der Waals surface area contributed by atoms with E-state index in [2.05, 4.69) is 0 Å². The van der Waals surface area contributed by atoms with Crippen LogP contribution < -0.4 is 5.43 Å². The summed E-state index contributed by atoms with van der Waals surface area (Å²) in [5.41, 5.74) is 2.34. The smallest absolute Gasteiger partial charge is 0.193 e. The molecule has 0 amide bonds. The van der Waals surface area contributed by atoms with Crippen LogP contribution in [0, 0.1) is 6.92 Å². The van der Waals surface area contributed by atoms with E-state index in [1.165, 1.54) is 6.07 Å². The molecule has 2 aromatic carbocycles. The summed E-state index contributed by atoms with van der Waals surface area (Å²) in [5.74, 6) is 1.02. The Labute approximate surface area is 120 Å². The predicted octanol–water partition coefficient (Wildman–Crippen LogP) is 4.51. The summed E-state index contributed by atoms with van der Waals surface area (Å²) < 4.78 is 11.6. The largest absolute Gasteiger partial charge is 0.453 e. The first-order valence-corrected chi connectivity index (χ1v) is 6.74. The van der Waals surface area contributed by atoms with Crippen molar-refractivity contribution in [1.82, 2.24) is 0 Å². The second-order valence-corrected chi connectivity index (χ2v) is 5.12. The van der Waals surface area contributed by atoms with Gasteiger partial charge in [-0.05, 0) is 36.8 Å². The van der Waals surface area contributed by atoms with Gasteiger partial charge in [0.2, 0.25) is 0 Å². The summed E-state index contributed by atoms with van der Waals surface area (Å²) in [5, 5.41) is 1.57. The van der Waals surface area contributed by atoms with Gasteiger partial charge >= 0.3 is 0 Å². The number of furan rings is 1. The molecule has 2 aromatic heterocycles. The molecule has 0 aliphatic heterocycles. The Morgan fingerprint density at radius 1 is 0.810 bits per heavy atom. The molecule has 0 aliphatic rings. The number of aryl methyl sites for hydroxylation is 1. The maximum absolute atomic E-state index is 12.2. The Kier molecular flexibility index (Phi) is 2.48. The van der Waals surface area contributed by atoms with Gasteiger partial charge in [-0.3, -0.25) is 4.79 Å². The molecule has 0 saturated heterocycles. The molecule has 21 heavy (non-hydrogen) atoms.